The van der Waals surface area contributed by atoms with Gasteiger partial charge in [0.1, 0.15) is 0 Å². The second kappa shape index (κ2) is 6.60. The van der Waals surface area contributed by atoms with Gasteiger partial charge in [-0.25, -0.2) is 8.42 Å². The highest BCUT2D eigenvalue weighted by atomic mass is 35.5. The van der Waals surface area contributed by atoms with Gasteiger partial charge in [-0.05, 0) is 42.5 Å². The number of benzene rings is 2. The second-order valence-corrected chi connectivity index (χ2v) is 7.43. The first-order valence-electron chi connectivity index (χ1n) is 6.82. The molecular formula is C16H17ClN2O3S. The average Bonchev–Trinajstić information content (AvgIpc) is 2.53. The minimum Gasteiger partial charge on any atom is -0.316 e. The molecule has 5 nitrogen and oxygen atoms in total. The van der Waals surface area contributed by atoms with E-state index in [2.05, 4.69) is 0 Å². The van der Waals surface area contributed by atoms with Crippen molar-refractivity contribution < 1.29 is 13.2 Å². The van der Waals surface area contributed by atoms with Gasteiger partial charge in [0.05, 0.1) is 10.6 Å². The first kappa shape index (κ1) is 17.3. The molecule has 0 N–H and O–H groups in total. The molecule has 122 valence electrons. The lowest BCUT2D eigenvalue weighted by atomic mass is 10.2. The molecule has 2 aromatic rings. The summed E-state index contributed by atoms with van der Waals surface area (Å²) in [6, 6.07) is 12.8. The average molecular weight is 353 g/mol. The molecule has 0 heterocycles. The summed E-state index contributed by atoms with van der Waals surface area (Å²) in [4.78, 5) is 13.0. The van der Waals surface area contributed by atoms with Crippen LogP contribution in [0.4, 0.5) is 11.4 Å². The maximum absolute atomic E-state index is 12.6. The summed E-state index contributed by atoms with van der Waals surface area (Å²) in [6.45, 7) is 1.46. The number of sulfonamides is 1. The van der Waals surface area contributed by atoms with Gasteiger partial charge in [-0.3, -0.25) is 9.10 Å². The van der Waals surface area contributed by atoms with Crippen LogP contribution >= 0.6 is 11.6 Å². The zero-order valence-corrected chi connectivity index (χ0v) is 14.6. The van der Waals surface area contributed by atoms with Crippen molar-refractivity contribution in [2.75, 3.05) is 23.3 Å². The Labute approximate surface area is 141 Å². The number of rotatable bonds is 4. The van der Waals surface area contributed by atoms with E-state index in [4.69, 9.17) is 11.6 Å². The lowest BCUT2D eigenvalue weighted by molar-refractivity contribution is -0.116. The third-order valence-electron chi connectivity index (χ3n) is 3.53. The molecule has 0 aliphatic rings. The van der Waals surface area contributed by atoms with E-state index >= 15 is 0 Å². The molecule has 2 aromatic carbocycles. The molecule has 0 saturated carbocycles. The van der Waals surface area contributed by atoms with Crippen molar-refractivity contribution in [3.05, 3.63) is 53.6 Å². The van der Waals surface area contributed by atoms with E-state index in [0.29, 0.717) is 16.4 Å². The van der Waals surface area contributed by atoms with Crippen molar-refractivity contribution in [2.45, 2.75) is 11.8 Å². The Morgan fingerprint density at radius 1 is 1.00 bits per heavy atom. The van der Waals surface area contributed by atoms with Crippen LogP contribution in [0.5, 0.6) is 0 Å². The van der Waals surface area contributed by atoms with Crippen molar-refractivity contribution in [1.82, 2.24) is 0 Å². The number of carbonyl (C=O) groups is 1. The second-order valence-electron chi connectivity index (χ2n) is 5.02. The van der Waals surface area contributed by atoms with Crippen LogP contribution in [0.3, 0.4) is 0 Å². The number of hydrogen-bond acceptors (Lipinski definition) is 3. The third kappa shape index (κ3) is 3.65. The highest BCUT2D eigenvalue weighted by molar-refractivity contribution is 7.92. The fraction of sp³-hybridized carbons (Fsp3) is 0.188. The van der Waals surface area contributed by atoms with Crippen LogP contribution in [0.25, 0.3) is 0 Å². The van der Waals surface area contributed by atoms with E-state index in [9.17, 15) is 13.2 Å². The van der Waals surface area contributed by atoms with Crippen LogP contribution in [0.15, 0.2) is 53.4 Å². The van der Waals surface area contributed by atoms with Gasteiger partial charge in [0.2, 0.25) is 5.91 Å². The number of anilines is 2. The molecule has 0 bridgehead atoms. The highest BCUT2D eigenvalue weighted by Crippen LogP contribution is 2.25. The van der Waals surface area contributed by atoms with Crippen LogP contribution < -0.4 is 9.21 Å². The molecule has 23 heavy (non-hydrogen) atoms. The Morgan fingerprint density at radius 2 is 1.57 bits per heavy atom. The van der Waals surface area contributed by atoms with Gasteiger partial charge in [0.25, 0.3) is 10.0 Å². The Hall–Kier alpha value is -2.05. The molecule has 0 fully saturated rings. The third-order valence-corrected chi connectivity index (χ3v) is 5.54. The van der Waals surface area contributed by atoms with Crippen LogP contribution in [0.1, 0.15) is 6.92 Å². The number of carbonyl (C=O) groups excluding carboxylic acids is 1. The van der Waals surface area contributed by atoms with Crippen molar-refractivity contribution >= 4 is 38.9 Å². The molecule has 0 aromatic heterocycles. The molecule has 0 atom stereocenters. The van der Waals surface area contributed by atoms with E-state index < -0.39 is 10.0 Å². The molecule has 2 rings (SSSR count). The summed E-state index contributed by atoms with van der Waals surface area (Å²) in [6.07, 6.45) is 0. The van der Waals surface area contributed by atoms with Gasteiger partial charge in [0.15, 0.2) is 0 Å². The summed E-state index contributed by atoms with van der Waals surface area (Å²) >= 11 is 5.87. The number of hydrogen-bond donors (Lipinski definition) is 0. The Kier molecular flexibility index (Phi) is 4.97. The SMILES string of the molecule is CC(=O)N(C)c1ccc(N(C)S(=O)(=O)c2cccc(Cl)c2)cc1. The molecule has 0 spiro atoms. The van der Waals surface area contributed by atoms with Crippen LogP contribution in [0, 0.1) is 0 Å². The summed E-state index contributed by atoms with van der Waals surface area (Å²) in [5, 5.41) is 0.359. The van der Waals surface area contributed by atoms with Gasteiger partial charge < -0.3 is 4.90 Å². The number of halogens is 1. The summed E-state index contributed by atoms with van der Waals surface area (Å²) < 4.78 is 26.4. The van der Waals surface area contributed by atoms with E-state index in [1.807, 2.05) is 0 Å². The summed E-state index contributed by atoms with van der Waals surface area (Å²) in [5.41, 5.74) is 1.18. The van der Waals surface area contributed by atoms with E-state index in [1.165, 1.54) is 35.3 Å². The molecule has 1 amide bonds. The molecule has 0 aliphatic heterocycles. The van der Waals surface area contributed by atoms with Crippen LogP contribution in [-0.4, -0.2) is 28.4 Å². The number of amides is 1. The predicted octanol–water partition coefficient (Wildman–Crippen LogP) is 3.15. The Balaban J connectivity index is 2.33. The molecule has 0 unspecified atom stereocenters. The van der Waals surface area contributed by atoms with Crippen LogP contribution in [0.2, 0.25) is 5.02 Å². The first-order valence-corrected chi connectivity index (χ1v) is 8.64. The molecule has 7 heteroatoms. The maximum atomic E-state index is 12.6. The van der Waals surface area contributed by atoms with Gasteiger partial charge in [-0.2, -0.15) is 0 Å². The Morgan fingerprint density at radius 3 is 2.09 bits per heavy atom. The standard InChI is InChI=1S/C16H17ClN2O3S/c1-12(20)18(2)14-7-9-15(10-8-14)19(3)23(21,22)16-6-4-5-13(17)11-16/h4-11H,1-3H3. The van der Waals surface area contributed by atoms with Gasteiger partial charge in [-0.1, -0.05) is 17.7 Å². The quantitative estimate of drug-likeness (QED) is 0.849. The maximum Gasteiger partial charge on any atom is 0.264 e. The fourth-order valence-electron chi connectivity index (χ4n) is 1.99. The molecule has 0 radical (unpaired) electrons. The lowest BCUT2D eigenvalue weighted by Gasteiger charge is -2.21. The van der Waals surface area contributed by atoms with E-state index in [-0.39, 0.29) is 10.8 Å². The molecular weight excluding hydrogens is 336 g/mol. The minimum atomic E-state index is -3.70. The van der Waals surface area contributed by atoms with Crippen molar-refractivity contribution in [3.63, 3.8) is 0 Å². The van der Waals surface area contributed by atoms with E-state index in [0.717, 1.165) is 0 Å². The largest absolute Gasteiger partial charge is 0.316 e. The zero-order chi connectivity index (χ0) is 17.2. The summed E-state index contributed by atoms with van der Waals surface area (Å²) in [7, 11) is -0.567. The predicted molar refractivity (Wildman–Crippen MR) is 92.6 cm³/mol. The minimum absolute atomic E-state index is 0.0994. The Bertz CT molecular complexity index is 819. The monoisotopic (exact) mass is 352 g/mol. The smallest absolute Gasteiger partial charge is 0.264 e. The molecule has 0 aliphatic carbocycles. The normalized spacial score (nSPS) is 11.1. The highest BCUT2D eigenvalue weighted by Gasteiger charge is 2.21. The topological polar surface area (TPSA) is 57.7 Å². The van der Waals surface area contributed by atoms with Gasteiger partial charge >= 0.3 is 0 Å². The van der Waals surface area contributed by atoms with Crippen molar-refractivity contribution in [1.29, 1.82) is 0 Å². The zero-order valence-electron chi connectivity index (χ0n) is 13.0. The molecule has 0 saturated heterocycles. The van der Waals surface area contributed by atoms with Gasteiger partial charge in [0, 0.05) is 31.7 Å². The fourth-order valence-corrected chi connectivity index (χ4v) is 3.49. The van der Waals surface area contributed by atoms with Gasteiger partial charge in [-0.15, -0.1) is 0 Å². The van der Waals surface area contributed by atoms with Crippen molar-refractivity contribution in [3.8, 4) is 0 Å². The lowest BCUT2D eigenvalue weighted by Crippen LogP contribution is -2.27. The van der Waals surface area contributed by atoms with Crippen molar-refractivity contribution in [2.24, 2.45) is 0 Å². The van der Waals surface area contributed by atoms with Crippen LogP contribution in [-0.2, 0) is 14.8 Å². The first-order chi connectivity index (χ1) is 10.7. The van der Waals surface area contributed by atoms with E-state index in [1.54, 1.807) is 43.4 Å². The number of nitrogens with zero attached hydrogens (tertiary/aromatic N) is 2. The summed E-state index contributed by atoms with van der Waals surface area (Å²) in [5.74, 6) is -0.0994.